The molecule has 0 aromatic carbocycles. The Balaban J connectivity index is 4.01. The maximum atomic E-state index is 5.91. The molecule has 0 saturated carbocycles. The van der Waals surface area contributed by atoms with Crippen molar-refractivity contribution in [3.05, 3.63) is 0 Å². The van der Waals surface area contributed by atoms with Gasteiger partial charge in [0.1, 0.15) is 0 Å². The molecule has 4 heteroatoms. The van der Waals surface area contributed by atoms with Crippen molar-refractivity contribution < 1.29 is 9.47 Å². The van der Waals surface area contributed by atoms with Crippen LogP contribution >= 0.6 is 0 Å². The first-order valence-electron chi connectivity index (χ1n) is 6.93. The van der Waals surface area contributed by atoms with Gasteiger partial charge in [-0.15, -0.1) is 0 Å². The van der Waals surface area contributed by atoms with Crippen LogP contribution in [0.15, 0.2) is 0 Å². The Morgan fingerprint density at radius 1 is 0.944 bits per heavy atom. The molecule has 110 valence electrons. The normalized spacial score (nSPS) is 19.3. The predicted octanol–water partition coefficient (Wildman–Crippen LogP) is 2.05. The van der Waals surface area contributed by atoms with E-state index in [4.69, 9.17) is 20.9 Å². The summed E-state index contributed by atoms with van der Waals surface area (Å²) in [5.74, 6) is 0. The Labute approximate surface area is 112 Å². The third-order valence-corrected chi connectivity index (χ3v) is 2.68. The second kappa shape index (κ2) is 8.10. The van der Waals surface area contributed by atoms with Gasteiger partial charge in [0.2, 0.25) is 0 Å². The molecular formula is C14H32N2O2. The number of hydrogen-bond acceptors (Lipinski definition) is 4. The molecule has 4 N–H and O–H groups in total. The first kappa shape index (κ1) is 17.8. The van der Waals surface area contributed by atoms with Crippen LogP contribution in [-0.4, -0.2) is 36.5 Å². The summed E-state index contributed by atoms with van der Waals surface area (Å²) < 4.78 is 11.7. The Kier molecular flexibility index (Phi) is 8.03. The van der Waals surface area contributed by atoms with E-state index in [0.29, 0.717) is 6.61 Å². The average molecular weight is 260 g/mol. The van der Waals surface area contributed by atoms with Crippen molar-refractivity contribution in [2.24, 2.45) is 11.5 Å². The fourth-order valence-electron chi connectivity index (χ4n) is 2.13. The summed E-state index contributed by atoms with van der Waals surface area (Å²) in [5, 5.41) is 0. The van der Waals surface area contributed by atoms with Gasteiger partial charge in [-0.05, 0) is 48.0 Å². The first-order chi connectivity index (χ1) is 8.12. The lowest BCUT2D eigenvalue weighted by Gasteiger charge is -2.30. The van der Waals surface area contributed by atoms with Crippen molar-refractivity contribution in [1.82, 2.24) is 0 Å². The third kappa shape index (κ3) is 9.83. The average Bonchev–Trinajstić information content (AvgIpc) is 2.11. The minimum Gasteiger partial charge on any atom is -0.375 e. The summed E-state index contributed by atoms with van der Waals surface area (Å²) in [5.41, 5.74) is 11.2. The van der Waals surface area contributed by atoms with Crippen molar-refractivity contribution in [3.8, 4) is 0 Å². The van der Waals surface area contributed by atoms with Crippen LogP contribution in [0.1, 0.15) is 54.4 Å². The molecule has 0 heterocycles. The number of nitrogens with two attached hydrogens (primary N) is 2. The van der Waals surface area contributed by atoms with Crippen LogP contribution in [0.5, 0.6) is 0 Å². The third-order valence-electron chi connectivity index (χ3n) is 2.68. The molecule has 0 fully saturated rings. The maximum absolute atomic E-state index is 5.91. The lowest BCUT2D eigenvalue weighted by atomic mass is 10.0. The monoisotopic (exact) mass is 260 g/mol. The molecule has 4 atom stereocenters. The Bertz CT molecular complexity index is 218. The lowest BCUT2D eigenvalue weighted by Crippen LogP contribution is -2.36. The molecule has 0 rings (SSSR count). The Morgan fingerprint density at radius 3 is 1.94 bits per heavy atom. The highest BCUT2D eigenvalue weighted by Gasteiger charge is 2.23. The molecule has 0 amide bonds. The van der Waals surface area contributed by atoms with Crippen LogP contribution in [0.4, 0.5) is 0 Å². The molecule has 0 spiro atoms. The van der Waals surface area contributed by atoms with E-state index >= 15 is 0 Å². The van der Waals surface area contributed by atoms with E-state index in [9.17, 15) is 0 Å². The molecule has 0 bridgehead atoms. The zero-order valence-electron chi connectivity index (χ0n) is 12.9. The van der Waals surface area contributed by atoms with Crippen LogP contribution in [0.25, 0.3) is 0 Å². The first-order valence-corrected chi connectivity index (χ1v) is 6.93. The largest absolute Gasteiger partial charge is 0.375 e. The Hall–Kier alpha value is -0.160. The summed E-state index contributed by atoms with van der Waals surface area (Å²) in [6.45, 7) is 12.8. The molecule has 0 aromatic heterocycles. The molecule has 0 aliphatic rings. The summed E-state index contributed by atoms with van der Waals surface area (Å²) in [6, 6.07) is 0.243. The summed E-state index contributed by atoms with van der Waals surface area (Å²) in [7, 11) is 0. The van der Waals surface area contributed by atoms with Crippen molar-refractivity contribution in [2.75, 3.05) is 6.61 Å². The van der Waals surface area contributed by atoms with Gasteiger partial charge in [0.15, 0.2) is 0 Å². The highest BCUT2D eigenvalue weighted by Crippen LogP contribution is 2.20. The molecular weight excluding hydrogens is 228 g/mol. The predicted molar refractivity (Wildman–Crippen MR) is 76.6 cm³/mol. The van der Waals surface area contributed by atoms with Gasteiger partial charge >= 0.3 is 0 Å². The van der Waals surface area contributed by atoms with E-state index in [0.717, 1.165) is 12.8 Å². The highest BCUT2D eigenvalue weighted by atomic mass is 16.5. The van der Waals surface area contributed by atoms with Gasteiger partial charge < -0.3 is 20.9 Å². The van der Waals surface area contributed by atoms with Gasteiger partial charge in [0, 0.05) is 18.5 Å². The van der Waals surface area contributed by atoms with E-state index in [1.165, 1.54) is 0 Å². The van der Waals surface area contributed by atoms with E-state index in [1.807, 2.05) is 13.8 Å². The lowest BCUT2D eigenvalue weighted by molar-refractivity contribution is -0.0798. The topological polar surface area (TPSA) is 70.5 Å². The molecule has 0 saturated heterocycles. The van der Waals surface area contributed by atoms with Gasteiger partial charge in [-0.1, -0.05) is 0 Å². The molecule has 4 unspecified atom stereocenters. The van der Waals surface area contributed by atoms with Crippen molar-refractivity contribution in [2.45, 2.75) is 84.3 Å². The van der Waals surface area contributed by atoms with E-state index in [1.54, 1.807) is 0 Å². The van der Waals surface area contributed by atoms with Gasteiger partial charge in [-0.25, -0.2) is 0 Å². The van der Waals surface area contributed by atoms with Crippen LogP contribution in [0, 0.1) is 0 Å². The van der Waals surface area contributed by atoms with E-state index in [2.05, 4.69) is 27.7 Å². The van der Waals surface area contributed by atoms with Gasteiger partial charge in [0.25, 0.3) is 0 Å². The highest BCUT2D eigenvalue weighted by molar-refractivity contribution is 4.74. The minimum atomic E-state index is -0.207. The minimum absolute atomic E-state index is 0.0671. The maximum Gasteiger partial charge on any atom is 0.0651 e. The number of rotatable bonds is 9. The van der Waals surface area contributed by atoms with Crippen LogP contribution < -0.4 is 11.5 Å². The second-order valence-electron chi connectivity index (χ2n) is 6.22. The van der Waals surface area contributed by atoms with E-state index < -0.39 is 0 Å². The molecule has 18 heavy (non-hydrogen) atoms. The standard InChI is InChI=1S/C14H32N2O2/c1-10(15)7-12(3)18-13(4)8-14(5,6)17-9-11(2)16/h10-13H,7-9,15-16H2,1-6H3. The van der Waals surface area contributed by atoms with Crippen molar-refractivity contribution in [1.29, 1.82) is 0 Å². The molecule has 4 nitrogen and oxygen atoms in total. The summed E-state index contributed by atoms with van der Waals surface area (Å²) in [6.07, 6.45) is 2.07. The smallest absolute Gasteiger partial charge is 0.0651 e. The number of hydrogen-bond donors (Lipinski definition) is 2. The quantitative estimate of drug-likeness (QED) is 0.665. The zero-order valence-corrected chi connectivity index (χ0v) is 12.9. The summed E-state index contributed by atoms with van der Waals surface area (Å²) >= 11 is 0. The molecule has 0 aliphatic carbocycles. The Morgan fingerprint density at radius 2 is 1.50 bits per heavy atom. The zero-order chi connectivity index (χ0) is 14.3. The van der Waals surface area contributed by atoms with Crippen molar-refractivity contribution >= 4 is 0 Å². The molecule has 0 aliphatic heterocycles. The number of ether oxygens (including phenoxy) is 2. The van der Waals surface area contributed by atoms with Crippen LogP contribution in [-0.2, 0) is 9.47 Å². The van der Waals surface area contributed by atoms with Crippen LogP contribution in [0.3, 0.4) is 0 Å². The molecule has 0 radical (unpaired) electrons. The van der Waals surface area contributed by atoms with Gasteiger partial charge in [-0.3, -0.25) is 0 Å². The molecule has 0 aromatic rings. The van der Waals surface area contributed by atoms with Gasteiger partial charge in [-0.2, -0.15) is 0 Å². The van der Waals surface area contributed by atoms with E-state index in [-0.39, 0.29) is 29.9 Å². The SMILES string of the molecule is CC(N)COC(C)(C)CC(C)OC(C)CC(C)N. The fourth-order valence-corrected chi connectivity index (χ4v) is 2.13. The van der Waals surface area contributed by atoms with Crippen molar-refractivity contribution in [3.63, 3.8) is 0 Å². The van der Waals surface area contributed by atoms with Crippen LogP contribution in [0.2, 0.25) is 0 Å². The second-order valence-corrected chi connectivity index (χ2v) is 6.22. The van der Waals surface area contributed by atoms with Gasteiger partial charge in [0.05, 0.1) is 24.4 Å². The summed E-state index contributed by atoms with van der Waals surface area (Å²) in [4.78, 5) is 0. The fraction of sp³-hybridized carbons (Fsp3) is 1.00.